The van der Waals surface area contributed by atoms with Crippen LogP contribution in [0.5, 0.6) is 5.75 Å². The van der Waals surface area contributed by atoms with Crippen LogP contribution in [0.2, 0.25) is 5.02 Å². The van der Waals surface area contributed by atoms with Gasteiger partial charge < -0.3 is 15.2 Å². The lowest BCUT2D eigenvalue weighted by molar-refractivity contribution is -0.119. The number of hydrogen-bond acceptors (Lipinski definition) is 5. The lowest BCUT2D eigenvalue weighted by Gasteiger charge is -2.37. The van der Waals surface area contributed by atoms with E-state index in [1.807, 2.05) is 13.8 Å². The fourth-order valence-corrected chi connectivity index (χ4v) is 3.79. The molecule has 0 aromatic heterocycles. The number of hydrogen-bond donors (Lipinski definition) is 1. The Hall–Kier alpha value is -2.89. The molecule has 138 valence electrons. The van der Waals surface area contributed by atoms with E-state index in [2.05, 4.69) is 12.0 Å². The minimum absolute atomic E-state index is 0.0236. The van der Waals surface area contributed by atoms with E-state index in [0.717, 1.165) is 0 Å². The van der Waals surface area contributed by atoms with Crippen molar-refractivity contribution in [2.24, 2.45) is 11.1 Å². The van der Waals surface area contributed by atoms with E-state index < -0.39 is 5.92 Å². The van der Waals surface area contributed by atoms with E-state index in [0.29, 0.717) is 40.5 Å². The third kappa shape index (κ3) is 3.52. The Labute approximate surface area is 163 Å². The van der Waals surface area contributed by atoms with Crippen LogP contribution in [0.3, 0.4) is 0 Å². The molecule has 0 unspecified atom stereocenters. The molecule has 27 heavy (non-hydrogen) atoms. The third-order valence-corrected chi connectivity index (χ3v) is 4.97. The van der Waals surface area contributed by atoms with Crippen LogP contribution in [-0.2, 0) is 9.53 Å². The topological polar surface area (TPSA) is 85.3 Å². The second-order valence-electron chi connectivity index (χ2n) is 7.39. The lowest BCUT2D eigenvalue weighted by Crippen LogP contribution is -2.33. The number of carbonyl (C=O) groups excluding carboxylic acids is 1. The molecule has 0 radical (unpaired) electrons. The van der Waals surface area contributed by atoms with Crippen LogP contribution in [0.4, 0.5) is 0 Å². The molecule has 3 rings (SSSR count). The summed E-state index contributed by atoms with van der Waals surface area (Å²) in [6.45, 7) is 4.10. The molecule has 1 heterocycles. The van der Waals surface area contributed by atoms with Crippen LogP contribution < -0.4 is 10.5 Å². The average molecular weight is 383 g/mol. The zero-order chi connectivity index (χ0) is 19.8. The van der Waals surface area contributed by atoms with Crippen LogP contribution >= 0.6 is 11.6 Å². The first-order chi connectivity index (χ1) is 12.8. The number of Topliss-reactive ketones (excluding diaryl/α,β-unsaturated/α-hetero) is 1. The van der Waals surface area contributed by atoms with Crippen LogP contribution in [0.15, 0.2) is 41.0 Å². The summed E-state index contributed by atoms with van der Waals surface area (Å²) in [7, 11) is 0. The molecule has 1 aromatic rings. The summed E-state index contributed by atoms with van der Waals surface area (Å²) in [5.74, 6) is 2.71. The van der Waals surface area contributed by atoms with E-state index in [-0.39, 0.29) is 29.3 Å². The van der Waals surface area contributed by atoms with E-state index >= 15 is 0 Å². The Balaban J connectivity index is 2.10. The lowest BCUT2D eigenvalue weighted by atomic mass is 9.70. The molecule has 0 amide bonds. The molecule has 6 heteroatoms. The first-order valence-corrected chi connectivity index (χ1v) is 8.84. The molecule has 0 saturated carbocycles. The maximum atomic E-state index is 12.9. The minimum Gasteiger partial charge on any atom is -0.479 e. The SMILES string of the molecule is C#CCOc1ccc([C@H]2C(C#N)=C(N)OC3=C2C(=O)CC(C)(C)C3)cc1Cl. The number of carbonyl (C=O) groups is 1. The zero-order valence-corrected chi connectivity index (χ0v) is 15.9. The van der Waals surface area contributed by atoms with Gasteiger partial charge in [0.1, 0.15) is 29.8 Å². The Morgan fingerprint density at radius 1 is 1.44 bits per heavy atom. The molecule has 0 saturated heterocycles. The molecular formula is C21H19ClN2O3. The van der Waals surface area contributed by atoms with Gasteiger partial charge in [-0.25, -0.2) is 0 Å². The van der Waals surface area contributed by atoms with E-state index in [9.17, 15) is 10.1 Å². The van der Waals surface area contributed by atoms with Crippen molar-refractivity contribution < 1.29 is 14.3 Å². The van der Waals surface area contributed by atoms with Gasteiger partial charge in [-0.2, -0.15) is 5.26 Å². The van der Waals surface area contributed by atoms with E-state index in [1.165, 1.54) is 0 Å². The fourth-order valence-electron chi connectivity index (χ4n) is 3.55. The summed E-state index contributed by atoms with van der Waals surface area (Å²) in [5.41, 5.74) is 7.14. The van der Waals surface area contributed by atoms with Gasteiger partial charge in [-0.1, -0.05) is 37.4 Å². The molecule has 0 fully saturated rings. The van der Waals surface area contributed by atoms with Gasteiger partial charge in [-0.05, 0) is 23.1 Å². The number of benzene rings is 1. The summed E-state index contributed by atoms with van der Waals surface area (Å²) in [4.78, 5) is 12.9. The highest BCUT2D eigenvalue weighted by atomic mass is 35.5. The van der Waals surface area contributed by atoms with Crippen molar-refractivity contribution in [2.45, 2.75) is 32.6 Å². The molecular weight excluding hydrogens is 364 g/mol. The fraction of sp³-hybridized carbons (Fsp3) is 0.333. The summed E-state index contributed by atoms with van der Waals surface area (Å²) < 4.78 is 11.1. The van der Waals surface area contributed by atoms with E-state index in [4.69, 9.17) is 33.2 Å². The molecule has 2 aliphatic rings. The molecule has 1 atom stereocenters. The largest absolute Gasteiger partial charge is 0.479 e. The molecule has 0 bridgehead atoms. The number of ether oxygens (including phenoxy) is 2. The van der Waals surface area contributed by atoms with Gasteiger partial charge in [0, 0.05) is 18.4 Å². The second-order valence-corrected chi connectivity index (χ2v) is 7.79. The zero-order valence-electron chi connectivity index (χ0n) is 15.1. The first-order valence-electron chi connectivity index (χ1n) is 8.47. The summed E-state index contributed by atoms with van der Waals surface area (Å²) in [5, 5.41) is 9.97. The van der Waals surface area contributed by atoms with Gasteiger partial charge in [-0.15, -0.1) is 6.42 Å². The van der Waals surface area contributed by atoms with Crippen molar-refractivity contribution in [3.8, 4) is 24.2 Å². The number of terminal acetylenes is 1. The number of nitrogens with zero attached hydrogens (tertiary/aromatic N) is 1. The predicted molar refractivity (Wildman–Crippen MR) is 101 cm³/mol. The highest BCUT2D eigenvalue weighted by molar-refractivity contribution is 6.32. The summed E-state index contributed by atoms with van der Waals surface area (Å²) >= 11 is 6.31. The maximum absolute atomic E-state index is 12.9. The smallest absolute Gasteiger partial charge is 0.205 e. The van der Waals surface area contributed by atoms with Crippen molar-refractivity contribution >= 4 is 17.4 Å². The van der Waals surface area contributed by atoms with Gasteiger partial charge in [0.2, 0.25) is 5.88 Å². The summed E-state index contributed by atoms with van der Waals surface area (Å²) in [6.07, 6.45) is 6.15. The number of nitriles is 1. The quantitative estimate of drug-likeness (QED) is 0.803. The molecule has 2 N–H and O–H groups in total. The molecule has 5 nitrogen and oxygen atoms in total. The standard InChI is InChI=1S/C21H19ClN2O3/c1-4-7-26-16-6-5-12(8-14(16)22)18-13(11-23)20(24)27-17-10-21(2,3)9-15(25)19(17)18/h1,5-6,8,18H,7,9-10,24H2,2-3H3/t18-/m0/s1. The molecule has 1 aromatic carbocycles. The van der Waals surface area contributed by atoms with Crippen molar-refractivity contribution in [1.82, 2.24) is 0 Å². The van der Waals surface area contributed by atoms with Crippen molar-refractivity contribution in [3.63, 3.8) is 0 Å². The van der Waals surface area contributed by atoms with Crippen LogP contribution in [0.1, 0.15) is 38.2 Å². The van der Waals surface area contributed by atoms with Crippen LogP contribution in [-0.4, -0.2) is 12.4 Å². The first kappa shape index (κ1) is 18.9. The molecule has 1 aliphatic heterocycles. The van der Waals surface area contributed by atoms with Gasteiger partial charge in [-0.3, -0.25) is 4.79 Å². The van der Waals surface area contributed by atoms with Gasteiger partial charge in [0.15, 0.2) is 5.78 Å². The average Bonchev–Trinajstić information content (AvgIpc) is 2.58. The molecule has 0 spiro atoms. The van der Waals surface area contributed by atoms with Crippen molar-refractivity contribution in [3.05, 3.63) is 51.6 Å². The Bertz CT molecular complexity index is 961. The van der Waals surface area contributed by atoms with Crippen LogP contribution in [0, 0.1) is 29.1 Å². The van der Waals surface area contributed by atoms with E-state index in [1.54, 1.807) is 18.2 Å². The predicted octanol–water partition coefficient (Wildman–Crippen LogP) is 3.80. The van der Waals surface area contributed by atoms with Gasteiger partial charge >= 0.3 is 0 Å². The third-order valence-electron chi connectivity index (χ3n) is 4.68. The highest BCUT2D eigenvalue weighted by Crippen LogP contribution is 2.48. The number of halogens is 1. The minimum atomic E-state index is -0.610. The number of nitrogens with two attached hydrogens (primary N) is 1. The number of rotatable bonds is 3. The maximum Gasteiger partial charge on any atom is 0.205 e. The Morgan fingerprint density at radius 3 is 2.81 bits per heavy atom. The van der Waals surface area contributed by atoms with Gasteiger partial charge in [0.05, 0.1) is 10.9 Å². The van der Waals surface area contributed by atoms with Crippen molar-refractivity contribution in [1.29, 1.82) is 5.26 Å². The Kier molecular flexibility index (Phi) is 4.91. The highest BCUT2D eigenvalue weighted by Gasteiger charge is 2.43. The van der Waals surface area contributed by atoms with Crippen molar-refractivity contribution in [2.75, 3.05) is 6.61 Å². The second kappa shape index (κ2) is 7.02. The van der Waals surface area contributed by atoms with Gasteiger partial charge in [0.25, 0.3) is 0 Å². The number of ketones is 1. The number of allylic oxidation sites excluding steroid dienone is 3. The molecule has 1 aliphatic carbocycles. The normalized spacial score (nSPS) is 21.1. The monoisotopic (exact) mass is 382 g/mol. The summed E-state index contributed by atoms with van der Waals surface area (Å²) in [6, 6.07) is 7.19. The Morgan fingerprint density at radius 2 is 2.19 bits per heavy atom. The van der Waals surface area contributed by atoms with Crippen LogP contribution in [0.25, 0.3) is 0 Å².